The molecule has 0 saturated heterocycles. The van der Waals surface area contributed by atoms with E-state index < -0.39 is 0 Å². The highest BCUT2D eigenvalue weighted by atomic mass is 16.2. The molecule has 0 radical (unpaired) electrons. The number of fused-ring (bicyclic) bond motifs is 1. The van der Waals surface area contributed by atoms with Gasteiger partial charge in [-0.3, -0.25) is 14.3 Å². The van der Waals surface area contributed by atoms with Crippen LogP contribution in [-0.4, -0.2) is 27.2 Å². The first kappa shape index (κ1) is 14.1. The Morgan fingerprint density at radius 3 is 2.95 bits per heavy atom. The molecule has 1 aromatic carbocycles. The number of aryl methyl sites for hydroxylation is 1. The quantitative estimate of drug-likeness (QED) is 0.701. The number of para-hydroxylation sites is 1. The van der Waals surface area contributed by atoms with Crippen molar-refractivity contribution in [3.8, 4) is 0 Å². The molecule has 0 bridgehead atoms. The number of carbonyl (C=O) groups excluding carboxylic acids is 1. The molecule has 1 amide bonds. The van der Waals surface area contributed by atoms with Crippen molar-refractivity contribution < 1.29 is 4.79 Å². The zero-order valence-corrected chi connectivity index (χ0v) is 12.0. The fourth-order valence-corrected chi connectivity index (χ4v) is 2.36. The summed E-state index contributed by atoms with van der Waals surface area (Å²) in [7, 11) is 0. The summed E-state index contributed by atoms with van der Waals surface area (Å²) in [6.07, 6.45) is 4.38. The average Bonchev–Trinajstić information content (AvgIpc) is 3.04. The van der Waals surface area contributed by atoms with Crippen LogP contribution >= 0.6 is 0 Å². The monoisotopic (exact) mass is 296 g/mol. The first-order valence-corrected chi connectivity index (χ1v) is 7.12. The Labute approximate surface area is 126 Å². The van der Waals surface area contributed by atoms with E-state index >= 15 is 0 Å². The Bertz CT molecular complexity index is 837. The Morgan fingerprint density at radius 2 is 2.14 bits per heavy atom. The lowest BCUT2D eigenvalue weighted by Crippen LogP contribution is -2.26. The molecule has 2 aromatic heterocycles. The standard InChI is InChI=1S/C16H16N4O2/c21-15-11-13(12-5-1-2-6-14(12)19-15)16(22)17-7-3-9-20-10-4-8-18-20/h1-2,4-6,8,10-11H,3,7,9H2,(H,17,22)(H,19,21). The molecule has 3 rings (SSSR count). The summed E-state index contributed by atoms with van der Waals surface area (Å²) in [5.41, 5.74) is 0.788. The lowest BCUT2D eigenvalue weighted by atomic mass is 10.1. The number of benzene rings is 1. The van der Waals surface area contributed by atoms with E-state index in [9.17, 15) is 9.59 Å². The molecule has 112 valence electrons. The van der Waals surface area contributed by atoms with Crippen LogP contribution in [0, 0.1) is 0 Å². The highest BCUT2D eigenvalue weighted by Gasteiger charge is 2.10. The van der Waals surface area contributed by atoms with Crippen molar-refractivity contribution in [2.45, 2.75) is 13.0 Å². The normalized spacial score (nSPS) is 10.7. The van der Waals surface area contributed by atoms with Crippen LogP contribution in [0.4, 0.5) is 0 Å². The second-order valence-electron chi connectivity index (χ2n) is 4.97. The molecular weight excluding hydrogens is 280 g/mol. The summed E-state index contributed by atoms with van der Waals surface area (Å²) in [6, 6.07) is 10.5. The first-order chi connectivity index (χ1) is 10.7. The van der Waals surface area contributed by atoms with Crippen LogP contribution in [0.5, 0.6) is 0 Å². The maximum atomic E-state index is 12.3. The number of pyridine rings is 1. The van der Waals surface area contributed by atoms with Gasteiger partial charge in [-0.25, -0.2) is 0 Å². The van der Waals surface area contributed by atoms with Crippen molar-refractivity contribution in [1.29, 1.82) is 0 Å². The summed E-state index contributed by atoms with van der Waals surface area (Å²) in [6.45, 7) is 1.27. The van der Waals surface area contributed by atoms with Gasteiger partial charge in [0.15, 0.2) is 0 Å². The molecule has 0 fully saturated rings. The number of aromatic nitrogens is 3. The van der Waals surface area contributed by atoms with E-state index in [-0.39, 0.29) is 11.5 Å². The maximum Gasteiger partial charge on any atom is 0.252 e. The molecule has 6 heteroatoms. The first-order valence-electron chi connectivity index (χ1n) is 7.12. The number of nitrogens with zero attached hydrogens (tertiary/aromatic N) is 2. The summed E-state index contributed by atoms with van der Waals surface area (Å²) >= 11 is 0. The van der Waals surface area contributed by atoms with Crippen molar-refractivity contribution in [2.24, 2.45) is 0 Å². The SMILES string of the molecule is O=C(NCCCn1cccn1)c1cc(=O)[nH]c2ccccc12. The molecule has 0 aliphatic rings. The van der Waals surface area contributed by atoms with E-state index in [4.69, 9.17) is 0 Å². The number of aromatic amines is 1. The van der Waals surface area contributed by atoms with Crippen LogP contribution in [0.25, 0.3) is 10.9 Å². The summed E-state index contributed by atoms with van der Waals surface area (Å²) in [4.78, 5) is 26.7. The largest absolute Gasteiger partial charge is 0.352 e. The second kappa shape index (κ2) is 6.26. The lowest BCUT2D eigenvalue weighted by molar-refractivity contribution is 0.0954. The predicted octanol–water partition coefficient (Wildman–Crippen LogP) is 1.54. The van der Waals surface area contributed by atoms with Crippen molar-refractivity contribution in [1.82, 2.24) is 20.1 Å². The molecule has 0 aliphatic heterocycles. The molecule has 0 unspecified atom stereocenters. The molecule has 0 atom stereocenters. The maximum absolute atomic E-state index is 12.3. The van der Waals surface area contributed by atoms with Gasteiger partial charge < -0.3 is 10.3 Å². The Balaban J connectivity index is 1.68. The third-order valence-electron chi connectivity index (χ3n) is 3.40. The smallest absolute Gasteiger partial charge is 0.252 e. The number of hydrogen-bond donors (Lipinski definition) is 2. The van der Waals surface area contributed by atoms with Gasteiger partial charge in [-0.2, -0.15) is 5.10 Å². The van der Waals surface area contributed by atoms with E-state index in [2.05, 4.69) is 15.4 Å². The number of amides is 1. The third-order valence-corrected chi connectivity index (χ3v) is 3.40. The summed E-state index contributed by atoms with van der Waals surface area (Å²) < 4.78 is 1.81. The van der Waals surface area contributed by atoms with Crippen molar-refractivity contribution >= 4 is 16.8 Å². The Hall–Kier alpha value is -2.89. The fraction of sp³-hybridized carbons (Fsp3) is 0.188. The topological polar surface area (TPSA) is 79.8 Å². The zero-order valence-electron chi connectivity index (χ0n) is 12.0. The molecule has 22 heavy (non-hydrogen) atoms. The van der Waals surface area contributed by atoms with Gasteiger partial charge in [0.2, 0.25) is 5.56 Å². The van der Waals surface area contributed by atoms with Crippen LogP contribution in [0.3, 0.4) is 0 Å². The predicted molar refractivity (Wildman–Crippen MR) is 83.7 cm³/mol. The molecular formula is C16H16N4O2. The molecule has 2 heterocycles. The summed E-state index contributed by atoms with van der Waals surface area (Å²) in [5.74, 6) is -0.234. The molecule has 2 N–H and O–H groups in total. The van der Waals surface area contributed by atoms with Gasteiger partial charge in [0, 0.05) is 42.5 Å². The van der Waals surface area contributed by atoms with Gasteiger partial charge in [0.1, 0.15) is 0 Å². The Kier molecular flexibility index (Phi) is 4.00. The van der Waals surface area contributed by atoms with Crippen molar-refractivity contribution in [3.63, 3.8) is 0 Å². The van der Waals surface area contributed by atoms with Crippen molar-refractivity contribution in [2.75, 3.05) is 6.54 Å². The summed E-state index contributed by atoms with van der Waals surface area (Å²) in [5, 5.41) is 7.69. The molecule has 0 spiro atoms. The van der Waals surface area contributed by atoms with E-state index in [0.717, 1.165) is 18.4 Å². The minimum atomic E-state index is -0.277. The molecule has 0 saturated carbocycles. The van der Waals surface area contributed by atoms with E-state index in [1.54, 1.807) is 12.3 Å². The fourth-order valence-electron chi connectivity index (χ4n) is 2.36. The van der Waals surface area contributed by atoms with Gasteiger partial charge in [-0.1, -0.05) is 18.2 Å². The van der Waals surface area contributed by atoms with Crippen LogP contribution in [0.1, 0.15) is 16.8 Å². The van der Waals surface area contributed by atoms with Crippen LogP contribution in [0.15, 0.2) is 53.6 Å². The van der Waals surface area contributed by atoms with Gasteiger partial charge in [0.25, 0.3) is 5.91 Å². The number of hydrogen-bond acceptors (Lipinski definition) is 3. The van der Waals surface area contributed by atoms with E-state index in [1.165, 1.54) is 6.07 Å². The number of rotatable bonds is 5. The van der Waals surface area contributed by atoms with Crippen molar-refractivity contribution in [3.05, 3.63) is 64.7 Å². The molecule has 6 nitrogen and oxygen atoms in total. The zero-order chi connectivity index (χ0) is 15.4. The molecule has 0 aliphatic carbocycles. The van der Waals surface area contributed by atoms with Crippen LogP contribution in [-0.2, 0) is 6.54 Å². The number of H-pyrrole nitrogens is 1. The van der Waals surface area contributed by atoms with Gasteiger partial charge in [-0.15, -0.1) is 0 Å². The Morgan fingerprint density at radius 1 is 1.27 bits per heavy atom. The van der Waals surface area contributed by atoms with E-state index in [0.29, 0.717) is 17.6 Å². The second-order valence-corrected chi connectivity index (χ2v) is 4.97. The van der Waals surface area contributed by atoms with Gasteiger partial charge >= 0.3 is 0 Å². The number of nitrogens with one attached hydrogen (secondary N) is 2. The van der Waals surface area contributed by atoms with E-state index in [1.807, 2.05) is 35.1 Å². The minimum absolute atomic E-state index is 0.234. The highest BCUT2D eigenvalue weighted by molar-refractivity contribution is 6.05. The lowest BCUT2D eigenvalue weighted by Gasteiger charge is -2.08. The van der Waals surface area contributed by atoms with Gasteiger partial charge in [0.05, 0.1) is 5.56 Å². The van der Waals surface area contributed by atoms with Crippen LogP contribution < -0.4 is 10.9 Å². The van der Waals surface area contributed by atoms with Crippen LogP contribution in [0.2, 0.25) is 0 Å². The highest BCUT2D eigenvalue weighted by Crippen LogP contribution is 2.14. The molecule has 3 aromatic rings. The van der Waals surface area contributed by atoms with Gasteiger partial charge in [-0.05, 0) is 18.6 Å². The number of carbonyl (C=O) groups is 1. The third kappa shape index (κ3) is 3.06. The minimum Gasteiger partial charge on any atom is -0.352 e. The average molecular weight is 296 g/mol.